The fraction of sp³-hybridized carbons (Fsp3) is 0.167. The molecule has 0 amide bonds. The quantitative estimate of drug-likeness (QED) is 0.481. The fourth-order valence-corrected chi connectivity index (χ4v) is 0.547. The summed E-state index contributed by atoms with van der Waals surface area (Å²) < 4.78 is 0. The van der Waals surface area contributed by atoms with Gasteiger partial charge in [0.25, 0.3) is 0 Å². The van der Waals surface area contributed by atoms with Gasteiger partial charge in [-0.05, 0) is 17.8 Å². The molecule has 1 aliphatic heterocycles. The van der Waals surface area contributed by atoms with Crippen LogP contribution in [0.3, 0.4) is 0 Å². The van der Waals surface area contributed by atoms with Crippen LogP contribution in [0.25, 0.3) is 0 Å². The van der Waals surface area contributed by atoms with Crippen LogP contribution in [0, 0.1) is 0 Å². The molecule has 0 aliphatic carbocycles. The van der Waals surface area contributed by atoms with Crippen LogP contribution in [0.15, 0.2) is 28.9 Å². The monoisotopic (exact) mass is 108 g/mol. The number of hydrogen-bond donors (Lipinski definition) is 1. The molecule has 1 rings (SSSR count). The van der Waals surface area contributed by atoms with Gasteiger partial charge in [0.1, 0.15) is 0 Å². The second kappa shape index (κ2) is 2.31. The second-order valence-electron chi connectivity index (χ2n) is 1.59. The number of rotatable bonds is 0. The lowest BCUT2D eigenvalue weighted by Crippen LogP contribution is -1.93. The Labute approximate surface area is 48.4 Å². The Balaban J connectivity index is 2.66. The van der Waals surface area contributed by atoms with Gasteiger partial charge in [0, 0.05) is 6.21 Å². The minimum absolute atomic E-state index is 0.729. The van der Waals surface area contributed by atoms with Crippen LogP contribution in [0.1, 0.15) is 0 Å². The van der Waals surface area contributed by atoms with Gasteiger partial charge in [0.2, 0.25) is 0 Å². The second-order valence-corrected chi connectivity index (χ2v) is 1.59. The highest BCUT2D eigenvalue weighted by atomic mass is 14.7. The first kappa shape index (κ1) is 5.09. The molecule has 2 nitrogen and oxygen atoms in total. The van der Waals surface area contributed by atoms with Crippen LogP contribution in [0.5, 0.6) is 0 Å². The van der Waals surface area contributed by atoms with Gasteiger partial charge in [-0.3, -0.25) is 4.99 Å². The lowest BCUT2D eigenvalue weighted by Gasteiger charge is -1.97. The van der Waals surface area contributed by atoms with Crippen molar-refractivity contribution < 1.29 is 0 Å². The molecule has 8 heavy (non-hydrogen) atoms. The summed E-state index contributed by atoms with van der Waals surface area (Å²) in [7, 11) is 0. The molecule has 0 atom stereocenters. The highest BCUT2D eigenvalue weighted by Crippen LogP contribution is 1.97. The van der Waals surface area contributed by atoms with E-state index in [1.807, 2.05) is 12.2 Å². The van der Waals surface area contributed by atoms with Crippen molar-refractivity contribution in [2.75, 3.05) is 6.54 Å². The topological polar surface area (TPSA) is 38.4 Å². The van der Waals surface area contributed by atoms with Crippen LogP contribution in [-0.4, -0.2) is 12.8 Å². The van der Waals surface area contributed by atoms with E-state index in [0.717, 1.165) is 12.1 Å². The predicted molar refractivity (Wildman–Crippen MR) is 34.8 cm³/mol. The maximum atomic E-state index is 5.22. The number of allylic oxidation sites excluding steroid dienone is 1. The summed E-state index contributed by atoms with van der Waals surface area (Å²) in [5.74, 6) is 0. The molecule has 0 fully saturated rings. The third kappa shape index (κ3) is 0.964. The number of aliphatic imine (C=N–C) groups is 1. The van der Waals surface area contributed by atoms with Crippen molar-refractivity contribution in [3.8, 4) is 0 Å². The summed E-state index contributed by atoms with van der Waals surface area (Å²) in [6.07, 6.45) is 7.18. The lowest BCUT2D eigenvalue weighted by molar-refractivity contribution is 1.17. The highest BCUT2D eigenvalue weighted by molar-refractivity contribution is 5.73. The van der Waals surface area contributed by atoms with Crippen molar-refractivity contribution in [3.05, 3.63) is 23.9 Å². The largest absolute Gasteiger partial charge is 0.404 e. The van der Waals surface area contributed by atoms with Crippen molar-refractivity contribution in [1.29, 1.82) is 0 Å². The summed E-state index contributed by atoms with van der Waals surface area (Å²) in [4.78, 5) is 3.97. The molecule has 0 spiro atoms. The molecular weight excluding hydrogens is 100 g/mol. The molecule has 0 bridgehead atoms. The van der Waals surface area contributed by atoms with E-state index < -0.39 is 0 Å². The molecule has 0 saturated heterocycles. The highest BCUT2D eigenvalue weighted by Gasteiger charge is 1.89. The van der Waals surface area contributed by atoms with Gasteiger partial charge in [-0.15, -0.1) is 0 Å². The van der Waals surface area contributed by atoms with Gasteiger partial charge in [-0.1, -0.05) is 6.08 Å². The third-order valence-corrected chi connectivity index (χ3v) is 0.990. The molecule has 42 valence electrons. The minimum atomic E-state index is 0.729. The van der Waals surface area contributed by atoms with E-state index in [1.54, 1.807) is 12.4 Å². The Morgan fingerprint density at radius 2 is 2.62 bits per heavy atom. The predicted octanol–water partition coefficient (Wildman–Crippen LogP) is 0.470. The zero-order valence-corrected chi connectivity index (χ0v) is 4.54. The van der Waals surface area contributed by atoms with Gasteiger partial charge in [-0.25, -0.2) is 0 Å². The summed E-state index contributed by atoms with van der Waals surface area (Å²) in [5.41, 5.74) is 6.29. The summed E-state index contributed by atoms with van der Waals surface area (Å²) in [6, 6.07) is 0. The Morgan fingerprint density at radius 3 is 3.00 bits per heavy atom. The van der Waals surface area contributed by atoms with Gasteiger partial charge >= 0.3 is 0 Å². The molecule has 2 heteroatoms. The van der Waals surface area contributed by atoms with E-state index in [-0.39, 0.29) is 0 Å². The van der Waals surface area contributed by atoms with Gasteiger partial charge in [-0.2, -0.15) is 0 Å². The Kier molecular flexibility index (Phi) is 1.47. The number of dihydropyridines is 1. The number of nitrogens with two attached hydrogens (primary N) is 1. The Hall–Kier alpha value is -1.05. The average Bonchev–Trinajstić information content (AvgIpc) is 1.90. The van der Waals surface area contributed by atoms with Crippen molar-refractivity contribution >= 4 is 6.21 Å². The normalized spacial score (nSPS) is 22.2. The SMILES string of the molecule is N/C=C1/C=CC=NC1. The molecular formula is C6H8N2. The fourth-order valence-electron chi connectivity index (χ4n) is 0.547. The average molecular weight is 108 g/mol. The summed E-state index contributed by atoms with van der Waals surface area (Å²) in [6.45, 7) is 0.729. The zero-order valence-electron chi connectivity index (χ0n) is 4.54. The van der Waals surface area contributed by atoms with E-state index in [2.05, 4.69) is 4.99 Å². The van der Waals surface area contributed by atoms with Crippen molar-refractivity contribution in [2.45, 2.75) is 0 Å². The van der Waals surface area contributed by atoms with Crippen LogP contribution in [-0.2, 0) is 0 Å². The van der Waals surface area contributed by atoms with E-state index in [9.17, 15) is 0 Å². The van der Waals surface area contributed by atoms with E-state index in [1.165, 1.54) is 0 Å². The third-order valence-electron chi connectivity index (χ3n) is 0.990. The number of hydrogen-bond acceptors (Lipinski definition) is 2. The lowest BCUT2D eigenvalue weighted by atomic mass is 10.2. The van der Waals surface area contributed by atoms with Crippen molar-refractivity contribution in [2.24, 2.45) is 10.7 Å². The Morgan fingerprint density at radius 1 is 1.75 bits per heavy atom. The van der Waals surface area contributed by atoms with Crippen molar-refractivity contribution in [3.63, 3.8) is 0 Å². The molecule has 0 radical (unpaired) electrons. The van der Waals surface area contributed by atoms with E-state index >= 15 is 0 Å². The van der Waals surface area contributed by atoms with E-state index in [0.29, 0.717) is 0 Å². The summed E-state index contributed by atoms with van der Waals surface area (Å²) >= 11 is 0. The number of nitrogens with zero attached hydrogens (tertiary/aromatic N) is 1. The van der Waals surface area contributed by atoms with Crippen LogP contribution < -0.4 is 5.73 Å². The van der Waals surface area contributed by atoms with Crippen LogP contribution in [0.2, 0.25) is 0 Å². The van der Waals surface area contributed by atoms with Gasteiger partial charge in [0.15, 0.2) is 0 Å². The molecule has 0 unspecified atom stereocenters. The molecule has 0 aromatic carbocycles. The maximum absolute atomic E-state index is 5.22. The minimum Gasteiger partial charge on any atom is -0.404 e. The zero-order chi connectivity index (χ0) is 5.82. The van der Waals surface area contributed by atoms with Crippen LogP contribution in [0.4, 0.5) is 0 Å². The standard InChI is InChI=1S/C6H8N2/c7-4-6-2-1-3-8-5-6/h1-4H,5,7H2/b6-4-. The molecule has 0 saturated carbocycles. The van der Waals surface area contributed by atoms with Gasteiger partial charge in [0.05, 0.1) is 6.54 Å². The molecule has 1 heterocycles. The molecule has 1 aliphatic rings. The van der Waals surface area contributed by atoms with E-state index in [4.69, 9.17) is 5.73 Å². The van der Waals surface area contributed by atoms with Gasteiger partial charge < -0.3 is 5.73 Å². The molecule has 0 aromatic heterocycles. The summed E-state index contributed by atoms with van der Waals surface area (Å²) in [5, 5.41) is 0. The molecule has 0 aromatic rings. The molecule has 2 N–H and O–H groups in total. The van der Waals surface area contributed by atoms with Crippen molar-refractivity contribution in [1.82, 2.24) is 0 Å². The first-order valence-corrected chi connectivity index (χ1v) is 2.51. The first-order chi connectivity index (χ1) is 3.93. The maximum Gasteiger partial charge on any atom is 0.0653 e. The smallest absolute Gasteiger partial charge is 0.0653 e. The first-order valence-electron chi connectivity index (χ1n) is 2.51. The van der Waals surface area contributed by atoms with Crippen LogP contribution >= 0.6 is 0 Å². The Bertz CT molecular complexity index is 154.